The van der Waals surface area contributed by atoms with Crippen LogP contribution in [-0.2, 0) is 20.0 Å². The topological polar surface area (TPSA) is 117 Å². The van der Waals surface area contributed by atoms with E-state index in [1.807, 2.05) is 0 Å². The number of piperidine rings is 1. The zero-order valence-electron chi connectivity index (χ0n) is 19.4. The molecule has 0 spiro atoms. The van der Waals surface area contributed by atoms with Crippen LogP contribution in [-0.4, -0.2) is 57.5 Å². The normalized spacial score (nSPS) is 15.7. The lowest BCUT2D eigenvalue weighted by Gasteiger charge is -2.24. The molecular formula is C22H31N3O6S2. The number of hydrogen-bond acceptors (Lipinski definition) is 6. The Labute approximate surface area is 195 Å². The van der Waals surface area contributed by atoms with Crippen molar-refractivity contribution in [2.75, 3.05) is 31.5 Å². The minimum Gasteiger partial charge on any atom is -0.438 e. The molecule has 0 aliphatic carbocycles. The molecular weight excluding hydrogens is 466 g/mol. The predicted molar refractivity (Wildman–Crippen MR) is 125 cm³/mol. The minimum absolute atomic E-state index is 0.0809. The van der Waals surface area contributed by atoms with Crippen LogP contribution in [0, 0.1) is 13.8 Å². The highest BCUT2D eigenvalue weighted by molar-refractivity contribution is 7.89. The molecule has 1 fully saturated rings. The van der Waals surface area contributed by atoms with Gasteiger partial charge < -0.3 is 9.73 Å². The second-order valence-electron chi connectivity index (χ2n) is 8.04. The maximum atomic E-state index is 13.0. The third kappa shape index (κ3) is 5.16. The highest BCUT2D eigenvalue weighted by atomic mass is 32.2. The Hall–Kier alpha value is -2.21. The Bertz CT molecular complexity index is 1220. The highest BCUT2D eigenvalue weighted by Gasteiger charge is 2.30. The summed E-state index contributed by atoms with van der Waals surface area (Å²) in [5.41, 5.74) is 1.73. The maximum absolute atomic E-state index is 13.0. The molecule has 0 bridgehead atoms. The van der Waals surface area contributed by atoms with Gasteiger partial charge in [-0.05, 0) is 62.1 Å². The minimum atomic E-state index is -3.80. The second-order valence-corrected chi connectivity index (χ2v) is 11.8. The number of furan rings is 1. The van der Waals surface area contributed by atoms with Crippen molar-refractivity contribution < 1.29 is 26.0 Å². The van der Waals surface area contributed by atoms with Crippen molar-refractivity contribution in [1.29, 1.82) is 0 Å². The van der Waals surface area contributed by atoms with E-state index in [9.17, 15) is 21.6 Å². The first kappa shape index (κ1) is 25.4. The third-order valence-corrected chi connectivity index (χ3v) is 9.75. The van der Waals surface area contributed by atoms with Gasteiger partial charge in [0.2, 0.25) is 15.1 Å². The largest absolute Gasteiger partial charge is 0.438 e. The van der Waals surface area contributed by atoms with Crippen molar-refractivity contribution in [3.63, 3.8) is 0 Å². The molecule has 1 amide bonds. The van der Waals surface area contributed by atoms with E-state index in [0.29, 0.717) is 43.0 Å². The predicted octanol–water partition coefficient (Wildman–Crippen LogP) is 3.35. The first-order valence-electron chi connectivity index (χ1n) is 11.0. The van der Waals surface area contributed by atoms with E-state index in [-0.39, 0.29) is 15.7 Å². The third-order valence-electron chi connectivity index (χ3n) is 5.95. The molecule has 1 saturated heterocycles. The van der Waals surface area contributed by atoms with Gasteiger partial charge in [0, 0.05) is 31.9 Å². The Balaban J connectivity index is 1.87. The van der Waals surface area contributed by atoms with Crippen molar-refractivity contribution in [2.45, 2.75) is 56.9 Å². The van der Waals surface area contributed by atoms with Crippen molar-refractivity contribution in [3.05, 3.63) is 41.2 Å². The molecule has 11 heteroatoms. The summed E-state index contributed by atoms with van der Waals surface area (Å²) < 4.78 is 59.6. The molecule has 182 valence electrons. The van der Waals surface area contributed by atoms with E-state index in [2.05, 4.69) is 5.32 Å². The number of amides is 1. The van der Waals surface area contributed by atoms with Crippen LogP contribution >= 0.6 is 0 Å². The summed E-state index contributed by atoms with van der Waals surface area (Å²) in [6, 6.07) is 5.58. The molecule has 0 atom stereocenters. The van der Waals surface area contributed by atoms with Crippen LogP contribution < -0.4 is 5.32 Å². The average molecular weight is 498 g/mol. The Morgan fingerprint density at radius 2 is 1.67 bits per heavy atom. The number of nitrogens with one attached hydrogen (secondary N) is 1. The number of benzene rings is 1. The molecule has 2 heterocycles. The number of carbonyl (C=O) groups excluding carboxylic acids is 1. The number of sulfonamides is 2. The SMILES string of the molecule is CCN(CC)S(=O)(=O)c1cc(C)c(C)c(NC(=O)c2ccc(S(=O)(=O)N3CCCCC3)o2)c1. The zero-order valence-corrected chi connectivity index (χ0v) is 21.1. The van der Waals surface area contributed by atoms with Gasteiger partial charge in [0.25, 0.3) is 15.9 Å². The molecule has 3 rings (SSSR count). The van der Waals surface area contributed by atoms with Crippen molar-refractivity contribution in [3.8, 4) is 0 Å². The van der Waals surface area contributed by atoms with Gasteiger partial charge in [-0.3, -0.25) is 4.79 Å². The first-order valence-corrected chi connectivity index (χ1v) is 13.9. The van der Waals surface area contributed by atoms with E-state index < -0.39 is 26.0 Å². The van der Waals surface area contributed by atoms with Crippen LogP contribution in [0.1, 0.15) is 54.8 Å². The maximum Gasteiger partial charge on any atom is 0.291 e. The number of hydrogen-bond donors (Lipinski definition) is 1. The van der Waals surface area contributed by atoms with Crippen LogP contribution in [0.2, 0.25) is 0 Å². The molecule has 33 heavy (non-hydrogen) atoms. The van der Waals surface area contributed by atoms with Crippen LogP contribution in [0.5, 0.6) is 0 Å². The highest BCUT2D eigenvalue weighted by Crippen LogP contribution is 2.28. The summed E-state index contributed by atoms with van der Waals surface area (Å²) in [5, 5.41) is 2.40. The second kappa shape index (κ2) is 9.96. The molecule has 1 aliphatic heterocycles. The van der Waals surface area contributed by atoms with E-state index in [4.69, 9.17) is 4.42 Å². The summed E-state index contributed by atoms with van der Waals surface area (Å²) in [6.07, 6.45) is 2.57. The van der Waals surface area contributed by atoms with Crippen LogP contribution in [0.3, 0.4) is 0 Å². The summed E-state index contributed by atoms with van der Waals surface area (Å²) in [5.74, 6) is -0.824. The smallest absolute Gasteiger partial charge is 0.291 e. The van der Waals surface area contributed by atoms with Gasteiger partial charge in [0.1, 0.15) is 0 Å². The molecule has 2 aromatic rings. The lowest BCUT2D eigenvalue weighted by Crippen LogP contribution is -2.35. The Morgan fingerprint density at radius 3 is 2.27 bits per heavy atom. The standard InChI is InChI=1S/C22H31N3O6S2/c1-5-24(6-2)32(27,28)18-14-16(3)17(4)19(15-18)23-22(26)20-10-11-21(31-20)33(29,30)25-12-8-7-9-13-25/h10-11,14-15H,5-9,12-13H2,1-4H3,(H,23,26). The summed E-state index contributed by atoms with van der Waals surface area (Å²) in [4.78, 5) is 12.9. The first-order chi connectivity index (χ1) is 15.5. The van der Waals surface area contributed by atoms with Gasteiger partial charge in [0.15, 0.2) is 5.76 Å². The van der Waals surface area contributed by atoms with E-state index >= 15 is 0 Å². The van der Waals surface area contributed by atoms with Gasteiger partial charge in [0.05, 0.1) is 4.90 Å². The molecule has 0 radical (unpaired) electrons. The summed E-state index contributed by atoms with van der Waals surface area (Å²) in [7, 11) is -7.52. The van der Waals surface area contributed by atoms with E-state index in [0.717, 1.165) is 19.3 Å². The van der Waals surface area contributed by atoms with Crippen molar-refractivity contribution in [2.24, 2.45) is 0 Å². The van der Waals surface area contributed by atoms with Crippen LogP contribution in [0.25, 0.3) is 0 Å². The van der Waals surface area contributed by atoms with Gasteiger partial charge in [-0.15, -0.1) is 0 Å². The fourth-order valence-electron chi connectivity index (χ4n) is 3.81. The lowest BCUT2D eigenvalue weighted by atomic mass is 10.1. The molecule has 1 N–H and O–H groups in total. The summed E-state index contributed by atoms with van der Waals surface area (Å²) in [6.45, 7) is 8.57. The van der Waals surface area contributed by atoms with Crippen molar-refractivity contribution in [1.82, 2.24) is 8.61 Å². The molecule has 9 nitrogen and oxygen atoms in total. The lowest BCUT2D eigenvalue weighted by molar-refractivity contribution is 0.0991. The molecule has 1 aliphatic rings. The summed E-state index contributed by atoms with van der Waals surface area (Å²) >= 11 is 0. The van der Waals surface area contributed by atoms with E-state index in [1.54, 1.807) is 33.8 Å². The van der Waals surface area contributed by atoms with Crippen LogP contribution in [0.15, 0.2) is 38.7 Å². The van der Waals surface area contributed by atoms with Crippen molar-refractivity contribution >= 4 is 31.6 Å². The van der Waals surface area contributed by atoms with Crippen LogP contribution in [0.4, 0.5) is 5.69 Å². The number of carbonyl (C=O) groups is 1. The fraction of sp³-hybridized carbons (Fsp3) is 0.500. The average Bonchev–Trinajstić information content (AvgIpc) is 3.29. The number of rotatable bonds is 8. The van der Waals surface area contributed by atoms with Gasteiger partial charge in [-0.25, -0.2) is 16.8 Å². The Morgan fingerprint density at radius 1 is 1.03 bits per heavy atom. The molecule has 0 unspecified atom stereocenters. The zero-order chi connectivity index (χ0) is 24.4. The number of nitrogens with zero attached hydrogens (tertiary/aromatic N) is 2. The molecule has 1 aromatic carbocycles. The molecule has 0 saturated carbocycles. The van der Waals surface area contributed by atoms with Gasteiger partial charge in [-0.2, -0.15) is 8.61 Å². The molecule has 1 aromatic heterocycles. The fourth-order valence-corrected chi connectivity index (χ4v) is 6.81. The monoisotopic (exact) mass is 497 g/mol. The van der Waals surface area contributed by atoms with E-state index in [1.165, 1.54) is 26.8 Å². The van der Waals surface area contributed by atoms with Gasteiger partial charge >= 0.3 is 0 Å². The quantitative estimate of drug-likeness (QED) is 0.598. The Kier molecular flexibility index (Phi) is 7.67. The number of anilines is 1. The number of aryl methyl sites for hydroxylation is 1. The van der Waals surface area contributed by atoms with Gasteiger partial charge in [-0.1, -0.05) is 20.3 Å².